The van der Waals surface area contributed by atoms with E-state index in [9.17, 15) is 0 Å². The average molecular weight is 324 g/mol. The molecule has 0 amide bonds. The Kier molecular flexibility index (Phi) is 3.86. The van der Waals surface area contributed by atoms with Gasteiger partial charge in [0.1, 0.15) is 24.5 Å². The molecule has 0 aromatic heterocycles. The third-order valence-corrected chi connectivity index (χ3v) is 4.74. The fourth-order valence-electron chi connectivity index (χ4n) is 3.42. The van der Waals surface area contributed by atoms with Gasteiger partial charge in [-0.3, -0.25) is 4.99 Å². The molecule has 0 spiro atoms. The van der Waals surface area contributed by atoms with Gasteiger partial charge in [0.15, 0.2) is 0 Å². The summed E-state index contributed by atoms with van der Waals surface area (Å²) in [5.41, 5.74) is 11.3. The van der Waals surface area contributed by atoms with Crippen LogP contribution in [0.1, 0.15) is 22.7 Å². The lowest BCUT2D eigenvalue weighted by molar-refractivity contribution is -0.536. The number of hydrogen-bond acceptors (Lipinski definition) is 4. The first-order valence-electron chi connectivity index (χ1n) is 8.23. The first-order chi connectivity index (χ1) is 11.7. The summed E-state index contributed by atoms with van der Waals surface area (Å²) >= 11 is 0. The van der Waals surface area contributed by atoms with E-state index in [1.54, 1.807) is 7.11 Å². The zero-order valence-corrected chi connectivity index (χ0v) is 13.9. The minimum Gasteiger partial charge on any atom is -0.497 e. The summed E-state index contributed by atoms with van der Waals surface area (Å²) in [6.45, 7) is 2.60. The lowest BCUT2D eigenvalue weighted by atomic mass is 10.1. The molecule has 0 saturated carbocycles. The third-order valence-electron chi connectivity index (χ3n) is 4.74. The van der Waals surface area contributed by atoms with E-state index in [2.05, 4.69) is 40.1 Å². The maximum Gasteiger partial charge on any atom is 0.292 e. The van der Waals surface area contributed by atoms with E-state index in [-0.39, 0.29) is 12.1 Å². The van der Waals surface area contributed by atoms with Crippen LogP contribution in [0.4, 0.5) is 5.69 Å². The number of nitrogens with one attached hydrogen (secondary N) is 3. The lowest BCUT2D eigenvalue weighted by Crippen LogP contribution is -2.83. The molecule has 0 saturated heterocycles. The molecule has 1 aliphatic heterocycles. The van der Waals surface area contributed by atoms with Gasteiger partial charge < -0.3 is 9.47 Å². The van der Waals surface area contributed by atoms with E-state index in [0.29, 0.717) is 6.61 Å². The molecule has 2 atom stereocenters. The van der Waals surface area contributed by atoms with Gasteiger partial charge in [-0.15, -0.1) is 0 Å². The lowest BCUT2D eigenvalue weighted by Gasteiger charge is -2.21. The molecule has 1 heterocycles. The molecule has 5 nitrogen and oxygen atoms in total. The number of anilines is 1. The van der Waals surface area contributed by atoms with Gasteiger partial charge in [0.05, 0.1) is 12.8 Å². The van der Waals surface area contributed by atoms with Crippen molar-refractivity contribution in [3.8, 4) is 5.75 Å². The van der Waals surface area contributed by atoms with Crippen molar-refractivity contribution in [3.63, 3.8) is 0 Å². The average Bonchev–Trinajstić information content (AvgIpc) is 2.98. The van der Waals surface area contributed by atoms with E-state index in [4.69, 9.17) is 9.47 Å². The summed E-state index contributed by atoms with van der Waals surface area (Å²) in [6.07, 6.45) is 1.20. The zero-order chi connectivity index (χ0) is 16.5. The summed E-state index contributed by atoms with van der Waals surface area (Å²) in [5.74, 6) is 1.80. The maximum atomic E-state index is 6.03. The summed E-state index contributed by atoms with van der Waals surface area (Å²) < 4.78 is 11.3. The van der Waals surface area contributed by atoms with Gasteiger partial charge in [-0.1, -0.05) is 24.3 Å². The van der Waals surface area contributed by atoms with Gasteiger partial charge in [-0.25, -0.2) is 5.43 Å². The Hall–Kier alpha value is -2.53. The van der Waals surface area contributed by atoms with Crippen LogP contribution in [0.25, 0.3) is 0 Å². The van der Waals surface area contributed by atoms with Gasteiger partial charge >= 0.3 is 0 Å². The van der Waals surface area contributed by atoms with Gasteiger partial charge in [-0.05, 0) is 36.2 Å². The maximum absolute atomic E-state index is 6.03. The van der Waals surface area contributed by atoms with Crippen LogP contribution < -0.4 is 20.6 Å². The molecule has 24 heavy (non-hydrogen) atoms. The van der Waals surface area contributed by atoms with Gasteiger partial charge in [0, 0.05) is 12.0 Å². The van der Waals surface area contributed by atoms with Crippen LogP contribution in [0.2, 0.25) is 0 Å². The molecule has 0 unspecified atom stereocenters. The van der Waals surface area contributed by atoms with Crippen molar-refractivity contribution >= 4 is 11.5 Å². The molecule has 2 aromatic rings. The summed E-state index contributed by atoms with van der Waals surface area (Å²) in [6, 6.07) is 14.7. The summed E-state index contributed by atoms with van der Waals surface area (Å²) in [4.78, 5) is 3.58. The van der Waals surface area contributed by atoms with Crippen molar-refractivity contribution in [1.29, 1.82) is 0 Å². The summed E-state index contributed by atoms with van der Waals surface area (Å²) in [5, 5.41) is 0. The minimum absolute atomic E-state index is 0.218. The standard InChI is InChI=1S/C19H21N3O2/c1-12-9-14(23-2)7-8-16(12)21-22-18-11-24-17-10-13-5-3-4-6-15(13)19(17)20-18/h3-9,17,19,21H,10-11H2,1-2H3,(H,20,22)/p+1/t17-,19+/m0/s1. The molecule has 1 aliphatic carbocycles. The third kappa shape index (κ3) is 2.71. The second-order valence-electron chi connectivity index (χ2n) is 6.28. The van der Waals surface area contributed by atoms with Crippen molar-refractivity contribution in [2.75, 3.05) is 19.1 Å². The van der Waals surface area contributed by atoms with E-state index in [1.807, 2.05) is 25.1 Å². The topological polar surface area (TPSA) is 56.5 Å². The Balaban J connectivity index is 1.48. The van der Waals surface area contributed by atoms with Crippen LogP contribution >= 0.6 is 0 Å². The van der Waals surface area contributed by atoms with Gasteiger partial charge in [0.25, 0.3) is 5.84 Å². The van der Waals surface area contributed by atoms with E-state index in [0.717, 1.165) is 29.3 Å². The van der Waals surface area contributed by atoms with Gasteiger partial charge in [0.2, 0.25) is 0 Å². The molecule has 4 rings (SSSR count). The van der Waals surface area contributed by atoms with Crippen molar-refractivity contribution in [1.82, 2.24) is 5.43 Å². The highest BCUT2D eigenvalue weighted by molar-refractivity contribution is 5.79. The number of rotatable bonds is 3. The smallest absolute Gasteiger partial charge is 0.292 e. The number of fused-ring (bicyclic) bond motifs is 3. The molecule has 2 aromatic carbocycles. The molecule has 124 valence electrons. The predicted octanol–water partition coefficient (Wildman–Crippen LogP) is 1.10. The highest BCUT2D eigenvalue weighted by Gasteiger charge is 2.38. The fraction of sp³-hybridized carbons (Fsp3) is 0.316. The van der Waals surface area contributed by atoms with Crippen molar-refractivity contribution in [2.45, 2.75) is 25.5 Å². The highest BCUT2D eigenvalue weighted by Crippen LogP contribution is 2.31. The first-order valence-corrected chi connectivity index (χ1v) is 8.23. The van der Waals surface area contributed by atoms with Crippen LogP contribution in [-0.2, 0) is 11.2 Å². The SMILES string of the molecule is COc1ccc(NNC2=[NH+][C@@H]3c4ccccc4C[C@@H]3OC2)c(C)c1. The van der Waals surface area contributed by atoms with Crippen LogP contribution in [0.5, 0.6) is 5.75 Å². The quantitative estimate of drug-likeness (QED) is 0.740. The zero-order valence-electron chi connectivity index (χ0n) is 13.9. The van der Waals surface area contributed by atoms with Crippen LogP contribution in [-0.4, -0.2) is 25.7 Å². The molecule has 5 heteroatoms. The number of ether oxygens (including phenoxy) is 2. The van der Waals surface area contributed by atoms with E-state index in [1.165, 1.54) is 11.1 Å². The van der Waals surface area contributed by atoms with Crippen molar-refractivity contribution in [3.05, 3.63) is 59.2 Å². The number of amidine groups is 1. The number of benzene rings is 2. The fourth-order valence-corrected chi connectivity index (χ4v) is 3.42. The van der Waals surface area contributed by atoms with Crippen LogP contribution in [0, 0.1) is 6.92 Å². The van der Waals surface area contributed by atoms with E-state index >= 15 is 0 Å². The van der Waals surface area contributed by atoms with Crippen LogP contribution in [0.3, 0.4) is 0 Å². The first kappa shape index (κ1) is 15.0. The normalized spacial score (nSPS) is 21.5. The molecular formula is C19H22N3O2+. The second-order valence-corrected chi connectivity index (χ2v) is 6.28. The monoisotopic (exact) mass is 324 g/mol. The largest absolute Gasteiger partial charge is 0.497 e. The Morgan fingerprint density at radius 3 is 2.88 bits per heavy atom. The Labute approximate surface area is 141 Å². The molecule has 2 aliphatic rings. The summed E-state index contributed by atoms with van der Waals surface area (Å²) in [7, 11) is 1.68. The Morgan fingerprint density at radius 2 is 2.04 bits per heavy atom. The molecule has 0 fully saturated rings. The minimum atomic E-state index is 0.218. The molecule has 0 radical (unpaired) electrons. The predicted molar refractivity (Wildman–Crippen MR) is 93.1 cm³/mol. The Morgan fingerprint density at radius 1 is 1.17 bits per heavy atom. The Bertz CT molecular complexity index is 788. The molecule has 0 bridgehead atoms. The van der Waals surface area contributed by atoms with Crippen molar-refractivity contribution in [2.24, 2.45) is 0 Å². The number of methoxy groups -OCH3 is 1. The number of hydrogen-bond donors (Lipinski definition) is 3. The van der Waals surface area contributed by atoms with E-state index < -0.39 is 0 Å². The highest BCUT2D eigenvalue weighted by atomic mass is 16.5. The number of hydrazine groups is 1. The van der Waals surface area contributed by atoms with Crippen molar-refractivity contribution < 1.29 is 14.5 Å². The molecule has 3 N–H and O–H groups in total. The number of aryl methyl sites for hydroxylation is 1. The molecular weight excluding hydrogens is 302 g/mol. The van der Waals surface area contributed by atoms with Crippen LogP contribution in [0.15, 0.2) is 42.5 Å². The van der Waals surface area contributed by atoms with Gasteiger partial charge in [-0.2, -0.15) is 5.43 Å². The second kappa shape index (κ2) is 6.17.